The number of nitrogens with two attached hydrogens (primary N) is 1. The molecule has 3 rings (SSSR count). The van der Waals surface area contributed by atoms with Crippen LogP contribution < -0.4 is 5.73 Å². The van der Waals surface area contributed by atoms with Crippen LogP contribution in [-0.2, 0) is 6.54 Å². The highest BCUT2D eigenvalue weighted by molar-refractivity contribution is 5.13. The molecule has 1 spiro atoms. The molecule has 1 aromatic heterocycles. The van der Waals surface area contributed by atoms with Crippen molar-refractivity contribution in [2.75, 3.05) is 0 Å². The Hall–Kier alpha value is -0.830. The van der Waals surface area contributed by atoms with Gasteiger partial charge in [0.05, 0.1) is 12.7 Å². The third-order valence-corrected chi connectivity index (χ3v) is 3.92. The fraction of sp³-hybridized carbons (Fsp3) is 0.727. The van der Waals surface area contributed by atoms with Crippen LogP contribution in [0.3, 0.4) is 0 Å². The van der Waals surface area contributed by atoms with Gasteiger partial charge in [-0.25, -0.2) is 4.98 Å². The highest BCUT2D eigenvalue weighted by Crippen LogP contribution is 2.61. The number of oxazole rings is 1. The molecule has 2 aliphatic rings. The molecule has 3 nitrogen and oxygen atoms in total. The van der Waals surface area contributed by atoms with E-state index < -0.39 is 0 Å². The number of nitrogens with zero attached hydrogens (tertiary/aromatic N) is 1. The summed E-state index contributed by atoms with van der Waals surface area (Å²) in [6.45, 7) is 0.415. The van der Waals surface area contributed by atoms with Crippen LogP contribution in [0.4, 0.5) is 0 Å². The number of rotatable bonds is 2. The lowest BCUT2D eigenvalue weighted by atomic mass is 9.51. The summed E-state index contributed by atoms with van der Waals surface area (Å²) >= 11 is 0. The SMILES string of the molecule is NCc1ncc(C2CC3(CCC3)C2)o1. The molecule has 2 saturated carbocycles. The van der Waals surface area contributed by atoms with Gasteiger partial charge in [-0.15, -0.1) is 0 Å². The van der Waals surface area contributed by atoms with Gasteiger partial charge < -0.3 is 10.2 Å². The molecule has 0 radical (unpaired) electrons. The summed E-state index contributed by atoms with van der Waals surface area (Å²) in [4.78, 5) is 4.14. The zero-order chi connectivity index (χ0) is 9.60. The van der Waals surface area contributed by atoms with Gasteiger partial charge in [-0.1, -0.05) is 6.42 Å². The van der Waals surface area contributed by atoms with Crippen LogP contribution in [0.25, 0.3) is 0 Å². The van der Waals surface area contributed by atoms with E-state index in [0.29, 0.717) is 23.8 Å². The minimum absolute atomic E-state index is 0.415. The zero-order valence-electron chi connectivity index (χ0n) is 8.33. The van der Waals surface area contributed by atoms with E-state index >= 15 is 0 Å². The van der Waals surface area contributed by atoms with Crippen LogP contribution in [0.15, 0.2) is 10.6 Å². The predicted octanol–water partition coefficient (Wildman–Crippen LogP) is 2.18. The van der Waals surface area contributed by atoms with Crippen molar-refractivity contribution >= 4 is 0 Å². The van der Waals surface area contributed by atoms with Crippen molar-refractivity contribution in [2.45, 2.75) is 44.6 Å². The minimum atomic E-state index is 0.415. The van der Waals surface area contributed by atoms with Crippen LogP contribution in [0.2, 0.25) is 0 Å². The molecule has 0 bridgehead atoms. The first kappa shape index (κ1) is 8.48. The highest BCUT2D eigenvalue weighted by Gasteiger charge is 2.49. The second-order valence-electron chi connectivity index (χ2n) is 4.82. The average molecular weight is 192 g/mol. The number of aromatic nitrogens is 1. The van der Waals surface area contributed by atoms with E-state index in [0.717, 1.165) is 5.76 Å². The molecular formula is C11H16N2O. The van der Waals surface area contributed by atoms with Gasteiger partial charge in [0.15, 0.2) is 0 Å². The monoisotopic (exact) mass is 192 g/mol. The average Bonchev–Trinajstić information content (AvgIpc) is 2.47. The van der Waals surface area contributed by atoms with Gasteiger partial charge in [0.25, 0.3) is 0 Å². The molecular weight excluding hydrogens is 176 g/mol. The maximum absolute atomic E-state index is 5.56. The number of hydrogen-bond acceptors (Lipinski definition) is 3. The molecule has 0 saturated heterocycles. The van der Waals surface area contributed by atoms with Gasteiger partial charge in [0.1, 0.15) is 5.76 Å². The van der Waals surface area contributed by atoms with Gasteiger partial charge in [0.2, 0.25) is 5.89 Å². The fourth-order valence-electron chi connectivity index (χ4n) is 2.88. The Morgan fingerprint density at radius 3 is 2.79 bits per heavy atom. The molecule has 1 heterocycles. The molecule has 0 aromatic carbocycles. The summed E-state index contributed by atoms with van der Waals surface area (Å²) in [5, 5.41) is 0. The highest BCUT2D eigenvalue weighted by atomic mass is 16.4. The Morgan fingerprint density at radius 2 is 2.29 bits per heavy atom. The number of hydrogen-bond donors (Lipinski definition) is 1. The van der Waals surface area contributed by atoms with E-state index in [2.05, 4.69) is 4.98 Å². The van der Waals surface area contributed by atoms with Crippen LogP contribution >= 0.6 is 0 Å². The van der Waals surface area contributed by atoms with E-state index in [1.165, 1.54) is 32.1 Å². The Bertz CT molecular complexity index is 333. The maximum atomic E-state index is 5.56. The van der Waals surface area contributed by atoms with Gasteiger partial charge in [-0.2, -0.15) is 0 Å². The van der Waals surface area contributed by atoms with E-state index in [9.17, 15) is 0 Å². The second-order valence-corrected chi connectivity index (χ2v) is 4.82. The molecule has 2 fully saturated rings. The van der Waals surface area contributed by atoms with Crippen LogP contribution in [0.1, 0.15) is 49.7 Å². The second kappa shape index (κ2) is 2.83. The topological polar surface area (TPSA) is 52.0 Å². The summed E-state index contributed by atoms with van der Waals surface area (Å²) in [5.41, 5.74) is 6.17. The van der Waals surface area contributed by atoms with Gasteiger partial charge in [-0.3, -0.25) is 0 Å². The van der Waals surface area contributed by atoms with Crippen molar-refractivity contribution in [3.63, 3.8) is 0 Å². The molecule has 0 amide bonds. The molecule has 14 heavy (non-hydrogen) atoms. The smallest absolute Gasteiger partial charge is 0.208 e. The van der Waals surface area contributed by atoms with E-state index in [4.69, 9.17) is 10.2 Å². The summed E-state index contributed by atoms with van der Waals surface area (Å²) < 4.78 is 5.56. The first-order valence-electron chi connectivity index (χ1n) is 5.46. The van der Waals surface area contributed by atoms with E-state index in [1.54, 1.807) is 0 Å². The standard InChI is InChI=1S/C11H16N2O/c12-6-10-13-7-9(14-10)8-4-11(5-8)2-1-3-11/h7-8H,1-6,12H2. The maximum Gasteiger partial charge on any atom is 0.208 e. The third kappa shape index (κ3) is 1.12. The molecule has 1 aromatic rings. The first-order valence-corrected chi connectivity index (χ1v) is 5.46. The summed E-state index contributed by atoms with van der Waals surface area (Å²) in [6, 6.07) is 0. The Balaban J connectivity index is 1.67. The lowest BCUT2D eigenvalue weighted by molar-refractivity contribution is 0.00165. The van der Waals surface area contributed by atoms with Crippen molar-refractivity contribution in [1.82, 2.24) is 4.98 Å². The largest absolute Gasteiger partial charge is 0.444 e. The quantitative estimate of drug-likeness (QED) is 0.781. The van der Waals surface area contributed by atoms with Crippen LogP contribution in [-0.4, -0.2) is 4.98 Å². The van der Waals surface area contributed by atoms with Gasteiger partial charge in [-0.05, 0) is 31.1 Å². The molecule has 2 N–H and O–H groups in total. The Labute approximate surface area is 83.7 Å². The Morgan fingerprint density at radius 1 is 1.50 bits per heavy atom. The lowest BCUT2D eigenvalue weighted by Gasteiger charge is -2.53. The minimum Gasteiger partial charge on any atom is -0.444 e. The van der Waals surface area contributed by atoms with Crippen molar-refractivity contribution in [3.8, 4) is 0 Å². The van der Waals surface area contributed by atoms with Crippen LogP contribution in [0.5, 0.6) is 0 Å². The summed E-state index contributed by atoms with van der Waals surface area (Å²) in [6.07, 6.45) is 8.77. The third-order valence-electron chi connectivity index (χ3n) is 3.92. The predicted molar refractivity (Wildman–Crippen MR) is 52.7 cm³/mol. The van der Waals surface area contributed by atoms with Crippen molar-refractivity contribution < 1.29 is 4.42 Å². The van der Waals surface area contributed by atoms with Gasteiger partial charge in [0, 0.05) is 5.92 Å². The summed E-state index contributed by atoms with van der Waals surface area (Å²) in [7, 11) is 0. The molecule has 0 unspecified atom stereocenters. The summed E-state index contributed by atoms with van der Waals surface area (Å²) in [5.74, 6) is 2.36. The molecule has 3 heteroatoms. The fourth-order valence-corrected chi connectivity index (χ4v) is 2.88. The zero-order valence-corrected chi connectivity index (χ0v) is 8.33. The first-order chi connectivity index (χ1) is 6.81. The molecule has 0 atom stereocenters. The van der Waals surface area contributed by atoms with Crippen molar-refractivity contribution in [2.24, 2.45) is 11.1 Å². The normalized spacial score (nSPS) is 24.6. The van der Waals surface area contributed by atoms with Gasteiger partial charge >= 0.3 is 0 Å². The lowest BCUT2D eigenvalue weighted by Crippen LogP contribution is -2.41. The molecule has 2 aliphatic carbocycles. The molecule has 0 aliphatic heterocycles. The van der Waals surface area contributed by atoms with Crippen LogP contribution in [0, 0.1) is 5.41 Å². The van der Waals surface area contributed by atoms with Crippen molar-refractivity contribution in [1.29, 1.82) is 0 Å². The Kier molecular flexibility index (Phi) is 1.71. The van der Waals surface area contributed by atoms with E-state index in [1.807, 2.05) is 6.20 Å². The van der Waals surface area contributed by atoms with Crippen molar-refractivity contribution in [3.05, 3.63) is 17.8 Å². The van der Waals surface area contributed by atoms with E-state index in [-0.39, 0.29) is 0 Å². The molecule has 76 valence electrons.